The highest BCUT2D eigenvalue weighted by Gasteiger charge is 2.37. The monoisotopic (exact) mass is 342 g/mol. The van der Waals surface area contributed by atoms with Crippen molar-refractivity contribution in [2.45, 2.75) is 12.8 Å². The number of esters is 1. The maximum atomic E-state index is 12.5. The van der Waals surface area contributed by atoms with Crippen molar-refractivity contribution in [1.29, 1.82) is 10.5 Å². The van der Waals surface area contributed by atoms with Gasteiger partial charge < -0.3 is 15.2 Å². The van der Waals surface area contributed by atoms with Crippen molar-refractivity contribution >= 4 is 17.7 Å². The van der Waals surface area contributed by atoms with Gasteiger partial charge in [-0.2, -0.15) is 10.5 Å². The van der Waals surface area contributed by atoms with Crippen LogP contribution in [0.2, 0.25) is 0 Å². The molecule has 0 fully saturated rings. The van der Waals surface area contributed by atoms with Gasteiger partial charge >= 0.3 is 5.97 Å². The Morgan fingerprint density at radius 1 is 1.54 bits per heavy atom. The van der Waals surface area contributed by atoms with E-state index in [0.29, 0.717) is 5.56 Å². The molecule has 0 spiro atoms. The predicted octanol–water partition coefficient (Wildman–Crippen LogP) is 1.92. The van der Waals surface area contributed by atoms with E-state index in [1.807, 2.05) is 11.5 Å². The average Bonchev–Trinajstić information content (AvgIpc) is 2.60. The van der Waals surface area contributed by atoms with E-state index >= 15 is 0 Å². The third-order valence-corrected chi connectivity index (χ3v) is 3.81. The smallest absolute Gasteiger partial charge is 0.338 e. The minimum absolute atomic E-state index is 0.0899. The first-order valence-corrected chi connectivity index (χ1v) is 8.01. The lowest BCUT2D eigenvalue weighted by molar-refractivity contribution is -0.139. The lowest BCUT2D eigenvalue weighted by atomic mass is 9.84. The minimum Gasteiger partial charge on any atom is -0.463 e. The van der Waals surface area contributed by atoms with Crippen LogP contribution >= 0.6 is 11.8 Å². The molecule has 2 heterocycles. The zero-order valence-corrected chi connectivity index (χ0v) is 13.7. The fraction of sp³-hybridized carbons (Fsp3) is 0.250. The summed E-state index contributed by atoms with van der Waals surface area (Å²) >= 11 is 0.900. The Morgan fingerprint density at radius 2 is 2.33 bits per heavy atom. The molecule has 2 N–H and O–H groups in total. The fourth-order valence-electron chi connectivity index (χ4n) is 2.34. The Bertz CT molecular complexity index is 775. The van der Waals surface area contributed by atoms with Gasteiger partial charge in [-0.05, 0) is 30.3 Å². The summed E-state index contributed by atoms with van der Waals surface area (Å²) in [6.45, 7) is 1.85. The number of aromatic nitrogens is 1. The summed E-state index contributed by atoms with van der Waals surface area (Å²) in [5.41, 5.74) is 6.74. The van der Waals surface area contributed by atoms with E-state index in [9.17, 15) is 10.1 Å². The van der Waals surface area contributed by atoms with Crippen molar-refractivity contribution in [3.8, 4) is 11.5 Å². The molecule has 1 unspecified atom stereocenters. The molecular formula is C16H14N4O3S. The highest BCUT2D eigenvalue weighted by molar-refractivity contribution is 8.03. The summed E-state index contributed by atoms with van der Waals surface area (Å²) in [5.74, 6) is -1.12. The first-order valence-electron chi connectivity index (χ1n) is 7.02. The van der Waals surface area contributed by atoms with E-state index in [1.54, 1.807) is 31.5 Å². The van der Waals surface area contributed by atoms with Crippen molar-refractivity contribution in [3.63, 3.8) is 0 Å². The maximum Gasteiger partial charge on any atom is 0.338 e. The Labute approximate surface area is 143 Å². The summed E-state index contributed by atoms with van der Waals surface area (Å²) in [6.07, 6.45) is 3.14. The van der Waals surface area contributed by atoms with E-state index in [-0.39, 0.29) is 35.1 Å². The largest absolute Gasteiger partial charge is 0.463 e. The average molecular weight is 342 g/mol. The molecule has 1 aromatic rings. The zero-order chi connectivity index (χ0) is 17.5. The second-order valence-electron chi connectivity index (χ2n) is 4.65. The Balaban J connectivity index is 2.62. The van der Waals surface area contributed by atoms with Crippen LogP contribution in [-0.4, -0.2) is 23.3 Å². The molecule has 8 heteroatoms. The van der Waals surface area contributed by atoms with Crippen molar-refractivity contribution < 1.29 is 14.3 Å². The molecular weight excluding hydrogens is 328 g/mol. The third kappa shape index (κ3) is 3.50. The summed E-state index contributed by atoms with van der Waals surface area (Å²) in [6, 6.07) is 5.43. The van der Waals surface area contributed by atoms with Crippen LogP contribution in [0.4, 0.5) is 0 Å². The van der Waals surface area contributed by atoms with Crippen LogP contribution in [0.3, 0.4) is 0 Å². The summed E-state index contributed by atoms with van der Waals surface area (Å²) in [4.78, 5) is 16.5. The van der Waals surface area contributed by atoms with E-state index in [0.717, 1.165) is 11.8 Å². The number of rotatable bonds is 5. The molecule has 2 rings (SSSR count). The van der Waals surface area contributed by atoms with Gasteiger partial charge in [0, 0.05) is 12.4 Å². The summed E-state index contributed by atoms with van der Waals surface area (Å²) in [5, 5.41) is 20.2. The number of thiocyanates is 1. The van der Waals surface area contributed by atoms with Crippen molar-refractivity contribution in [2.75, 3.05) is 12.4 Å². The molecule has 1 aliphatic heterocycles. The zero-order valence-electron chi connectivity index (χ0n) is 12.9. The standard InChI is InChI=1S/C16H14N4O3S/c1-2-22-16(21)14-12(8-24-9-18)23-15(19)11(6-17)13(14)10-4-3-5-20-7-10/h3-5,7,13H,2,8,19H2,1H3. The molecule has 1 atom stereocenters. The van der Waals surface area contributed by atoms with E-state index in [4.69, 9.17) is 20.5 Å². The molecule has 1 aliphatic rings. The molecule has 0 saturated heterocycles. The second kappa shape index (κ2) is 8.04. The number of pyridine rings is 1. The number of thioether (sulfide) groups is 1. The number of nitrogens with two attached hydrogens (primary N) is 1. The van der Waals surface area contributed by atoms with Crippen LogP contribution in [0, 0.1) is 22.0 Å². The number of nitriles is 2. The predicted molar refractivity (Wildman–Crippen MR) is 86.6 cm³/mol. The van der Waals surface area contributed by atoms with Gasteiger partial charge in [0.1, 0.15) is 22.8 Å². The molecule has 0 amide bonds. The van der Waals surface area contributed by atoms with Crippen LogP contribution in [0.1, 0.15) is 18.4 Å². The summed E-state index contributed by atoms with van der Waals surface area (Å²) < 4.78 is 10.6. The second-order valence-corrected chi connectivity index (χ2v) is 5.41. The number of nitrogens with zero attached hydrogens (tertiary/aromatic N) is 3. The molecule has 0 aliphatic carbocycles. The first kappa shape index (κ1) is 17.4. The maximum absolute atomic E-state index is 12.5. The Kier molecular flexibility index (Phi) is 5.83. The van der Waals surface area contributed by atoms with Crippen LogP contribution in [0.25, 0.3) is 0 Å². The highest BCUT2D eigenvalue weighted by Crippen LogP contribution is 2.40. The third-order valence-electron chi connectivity index (χ3n) is 3.28. The van der Waals surface area contributed by atoms with Gasteiger partial charge in [0.25, 0.3) is 0 Å². The normalized spacial score (nSPS) is 16.9. The van der Waals surface area contributed by atoms with Crippen LogP contribution < -0.4 is 5.73 Å². The lowest BCUT2D eigenvalue weighted by Gasteiger charge is -2.27. The molecule has 0 aromatic carbocycles. The SMILES string of the molecule is CCOC(=O)C1=C(CSC#N)OC(N)=C(C#N)C1c1cccnc1. The number of hydrogen-bond donors (Lipinski definition) is 1. The van der Waals surface area contributed by atoms with Gasteiger partial charge in [0.05, 0.1) is 23.9 Å². The fourth-order valence-corrected chi connectivity index (χ4v) is 2.75. The van der Waals surface area contributed by atoms with Gasteiger partial charge in [0.2, 0.25) is 5.88 Å². The van der Waals surface area contributed by atoms with Gasteiger partial charge in [-0.1, -0.05) is 6.07 Å². The summed E-state index contributed by atoms with van der Waals surface area (Å²) in [7, 11) is 0. The van der Waals surface area contributed by atoms with Crippen molar-refractivity contribution in [2.24, 2.45) is 5.73 Å². The van der Waals surface area contributed by atoms with Gasteiger partial charge in [0.15, 0.2) is 0 Å². The number of ether oxygens (including phenoxy) is 2. The molecule has 122 valence electrons. The number of carbonyl (C=O) groups excluding carboxylic acids is 1. The van der Waals surface area contributed by atoms with E-state index in [2.05, 4.69) is 4.98 Å². The van der Waals surface area contributed by atoms with Gasteiger partial charge in [-0.15, -0.1) is 0 Å². The van der Waals surface area contributed by atoms with Crippen LogP contribution in [-0.2, 0) is 14.3 Å². The first-order chi connectivity index (χ1) is 11.6. The molecule has 0 radical (unpaired) electrons. The van der Waals surface area contributed by atoms with E-state index in [1.165, 1.54) is 0 Å². The van der Waals surface area contributed by atoms with Gasteiger partial charge in [-0.25, -0.2) is 4.79 Å². The molecule has 1 aromatic heterocycles. The lowest BCUT2D eigenvalue weighted by Crippen LogP contribution is -2.27. The number of carbonyl (C=O) groups is 1. The van der Waals surface area contributed by atoms with E-state index < -0.39 is 11.9 Å². The minimum atomic E-state index is -0.745. The van der Waals surface area contributed by atoms with Crippen LogP contribution in [0.5, 0.6) is 0 Å². The van der Waals surface area contributed by atoms with Gasteiger partial charge in [-0.3, -0.25) is 4.98 Å². The van der Waals surface area contributed by atoms with Crippen LogP contribution in [0.15, 0.2) is 47.3 Å². The Morgan fingerprint density at radius 3 is 2.92 bits per heavy atom. The highest BCUT2D eigenvalue weighted by atomic mass is 32.2. The quantitative estimate of drug-likeness (QED) is 0.636. The number of hydrogen-bond acceptors (Lipinski definition) is 8. The van der Waals surface area contributed by atoms with Crippen molar-refractivity contribution in [3.05, 3.63) is 52.9 Å². The Hall–Kier alpha value is -2.97. The molecule has 0 bridgehead atoms. The molecule has 7 nitrogen and oxygen atoms in total. The van der Waals surface area contributed by atoms with Crippen molar-refractivity contribution in [1.82, 2.24) is 4.98 Å². The molecule has 0 saturated carbocycles. The molecule has 24 heavy (non-hydrogen) atoms. The topological polar surface area (TPSA) is 122 Å². The number of allylic oxidation sites excluding steroid dienone is 1.